The molecule has 0 unspecified atom stereocenters. The summed E-state index contributed by atoms with van der Waals surface area (Å²) < 4.78 is 5.35. The molecule has 0 saturated heterocycles. The van der Waals surface area contributed by atoms with E-state index in [0.29, 0.717) is 5.82 Å². The zero-order valence-corrected chi connectivity index (χ0v) is 46.6. The van der Waals surface area contributed by atoms with Crippen molar-refractivity contribution < 1.29 is 0 Å². The fourth-order valence-corrected chi connectivity index (χ4v) is 13.1. The van der Waals surface area contributed by atoms with Crippen LogP contribution < -0.4 is 16.4 Å². The zero-order valence-electron chi connectivity index (χ0n) is 46.6. The Kier molecular flexibility index (Phi) is 10.0. The molecule has 0 N–H and O–H groups in total. The summed E-state index contributed by atoms with van der Waals surface area (Å²) in [6.45, 7) is 28.4. The summed E-state index contributed by atoms with van der Waals surface area (Å²) >= 11 is 0. The number of hydrogen-bond donors (Lipinski definition) is 0. The number of fused-ring (bicyclic) bond motifs is 11. The number of aromatic nitrogens is 4. The highest BCUT2D eigenvalue weighted by Gasteiger charge is 2.43. The van der Waals surface area contributed by atoms with E-state index in [0.717, 1.165) is 27.7 Å². The van der Waals surface area contributed by atoms with Crippen LogP contribution in [0.5, 0.6) is 0 Å². The molecule has 0 radical (unpaired) electrons. The fraction of sp³-hybridized carbons (Fsp3) is 0.222. The van der Waals surface area contributed by atoms with Crippen LogP contribution in [0.15, 0.2) is 176 Å². The minimum absolute atomic E-state index is 0.105. The Morgan fingerprint density at radius 2 is 0.792 bits per heavy atom. The molecule has 0 amide bonds. The van der Waals surface area contributed by atoms with Gasteiger partial charge in [-0.3, -0.25) is 0 Å². The van der Waals surface area contributed by atoms with Crippen LogP contribution in [0.3, 0.4) is 0 Å². The maximum Gasteiger partial charge on any atom is 0.252 e. The molecule has 0 spiro atoms. The lowest BCUT2D eigenvalue weighted by Gasteiger charge is -2.35. The molecule has 2 aliphatic heterocycles. The quantitative estimate of drug-likeness (QED) is 0.165. The fourth-order valence-electron chi connectivity index (χ4n) is 13.1. The van der Waals surface area contributed by atoms with Crippen LogP contribution in [0.25, 0.3) is 111 Å². The molecule has 0 atom stereocenters. The van der Waals surface area contributed by atoms with Gasteiger partial charge in [-0.1, -0.05) is 217 Å². The molecular weight excluding hydrogens is 932 g/mol. The van der Waals surface area contributed by atoms with Crippen molar-refractivity contribution in [3.63, 3.8) is 0 Å². The molecule has 3 aromatic heterocycles. The normalized spacial score (nSPS) is 13.4. The van der Waals surface area contributed by atoms with Gasteiger partial charge in [-0.2, -0.15) is 0 Å². The van der Waals surface area contributed by atoms with Gasteiger partial charge >= 0.3 is 0 Å². The van der Waals surface area contributed by atoms with Crippen molar-refractivity contribution in [1.29, 1.82) is 0 Å². The largest absolute Gasteiger partial charge is 0.310 e. The van der Waals surface area contributed by atoms with Crippen LogP contribution in [-0.4, -0.2) is 25.8 Å². The SMILES string of the molecule is CC(C)(C)c1cc(C(C)(C)C)c2c3cc(-c4ccccc4)cc4c3n(c2c1)-c1cc(-c2nc(-c3ccccc3)c3ccccc3n2)cc2c1B4c1cc(-c3ccccc3)cc3c4c(C(C)(C)C)cc(C(C)(C)C)cc4n-2c13. The van der Waals surface area contributed by atoms with Crippen molar-refractivity contribution >= 4 is 77.6 Å². The van der Waals surface area contributed by atoms with E-state index in [2.05, 4.69) is 268 Å². The molecule has 2 aliphatic rings. The van der Waals surface area contributed by atoms with Crippen LogP contribution >= 0.6 is 0 Å². The van der Waals surface area contributed by atoms with E-state index < -0.39 is 0 Å². The van der Waals surface area contributed by atoms with Crippen LogP contribution in [0.1, 0.15) is 105 Å². The summed E-state index contributed by atoms with van der Waals surface area (Å²) in [5, 5.41) is 6.27. The lowest BCUT2D eigenvalue weighted by molar-refractivity contribution is 0.572. The van der Waals surface area contributed by atoms with E-state index in [4.69, 9.17) is 9.97 Å². The van der Waals surface area contributed by atoms with Crippen molar-refractivity contribution in [3.05, 3.63) is 198 Å². The van der Waals surface area contributed by atoms with Crippen molar-refractivity contribution in [3.8, 4) is 56.3 Å². The summed E-state index contributed by atoms with van der Waals surface area (Å²) in [4.78, 5) is 11.2. The molecule has 14 rings (SSSR count). The highest BCUT2D eigenvalue weighted by molar-refractivity contribution is 7.00. The number of para-hydroxylation sites is 1. The standard InChI is InChI=1S/C72H65BN4/c1-69(2,3)48-38-53(71(7,8)9)62-51-32-45(42-24-16-13-17-25-42)34-55-66(51)76(58(62)40-48)60-36-47(68-74-57-31-23-22-30-50(57)65(75-68)44-28-20-15-21-29-44)37-61-64(60)73(55)56-35-46(43-26-18-14-19-27-43)33-52-63-54(72(10,11)12)39-49(70(4,5)6)41-59(63)77(61)67(52)56/h13-41H,1-12H3. The van der Waals surface area contributed by atoms with E-state index in [1.807, 2.05) is 0 Å². The van der Waals surface area contributed by atoms with E-state index in [1.54, 1.807) is 0 Å². The van der Waals surface area contributed by atoms with E-state index in [-0.39, 0.29) is 28.4 Å². The maximum atomic E-state index is 5.64. The minimum atomic E-state index is -0.158. The predicted octanol–water partition coefficient (Wildman–Crippen LogP) is 16.8. The van der Waals surface area contributed by atoms with Gasteiger partial charge in [0.15, 0.2) is 5.82 Å². The van der Waals surface area contributed by atoms with Gasteiger partial charge in [-0.15, -0.1) is 0 Å². The molecule has 0 saturated carbocycles. The van der Waals surface area contributed by atoms with Crippen LogP contribution in [-0.2, 0) is 21.7 Å². The van der Waals surface area contributed by atoms with Gasteiger partial charge in [0.05, 0.1) is 22.2 Å². The summed E-state index contributed by atoms with van der Waals surface area (Å²) in [7, 11) is 0. The van der Waals surface area contributed by atoms with Gasteiger partial charge in [-0.25, -0.2) is 9.97 Å². The van der Waals surface area contributed by atoms with E-state index in [1.165, 1.54) is 116 Å². The lowest BCUT2D eigenvalue weighted by atomic mass is 9.34. The lowest BCUT2D eigenvalue weighted by Crippen LogP contribution is -2.59. The Bertz CT molecular complexity index is 4230. The van der Waals surface area contributed by atoms with Gasteiger partial charge in [0, 0.05) is 60.5 Å². The van der Waals surface area contributed by atoms with Gasteiger partial charge in [0.1, 0.15) is 0 Å². The molecule has 4 nitrogen and oxygen atoms in total. The van der Waals surface area contributed by atoms with Crippen molar-refractivity contribution in [1.82, 2.24) is 19.1 Å². The highest BCUT2D eigenvalue weighted by Crippen LogP contribution is 2.48. The van der Waals surface area contributed by atoms with Crippen LogP contribution in [0.2, 0.25) is 0 Å². The summed E-state index contributed by atoms with van der Waals surface area (Å²) in [5.41, 5.74) is 25.1. The smallest absolute Gasteiger partial charge is 0.252 e. The van der Waals surface area contributed by atoms with Crippen LogP contribution in [0.4, 0.5) is 0 Å². The molecule has 0 fully saturated rings. The Morgan fingerprint density at radius 1 is 0.364 bits per heavy atom. The number of benzene rings is 9. The second-order valence-electron chi connectivity index (χ2n) is 26.3. The van der Waals surface area contributed by atoms with Crippen molar-refractivity contribution in [2.75, 3.05) is 0 Å². The highest BCUT2D eigenvalue weighted by atomic mass is 15.0. The third-order valence-electron chi connectivity index (χ3n) is 17.0. The molecular formula is C72H65BN4. The molecule has 0 bridgehead atoms. The summed E-state index contributed by atoms with van der Waals surface area (Å²) in [6, 6.07) is 66.4. The minimum Gasteiger partial charge on any atom is -0.310 e. The van der Waals surface area contributed by atoms with Gasteiger partial charge in [-0.05, 0) is 125 Å². The first-order valence-electron chi connectivity index (χ1n) is 27.7. The van der Waals surface area contributed by atoms with E-state index >= 15 is 0 Å². The van der Waals surface area contributed by atoms with Crippen molar-refractivity contribution in [2.24, 2.45) is 0 Å². The number of hydrogen-bond acceptors (Lipinski definition) is 2. The second-order valence-corrected chi connectivity index (χ2v) is 26.3. The van der Waals surface area contributed by atoms with Crippen LogP contribution in [0, 0.1) is 0 Å². The first kappa shape index (κ1) is 47.4. The summed E-state index contributed by atoms with van der Waals surface area (Å²) in [6.07, 6.45) is 0. The molecule has 12 aromatic rings. The molecule has 5 heterocycles. The molecule has 9 aromatic carbocycles. The topological polar surface area (TPSA) is 35.6 Å². The monoisotopic (exact) mass is 997 g/mol. The first-order valence-corrected chi connectivity index (χ1v) is 27.7. The third-order valence-corrected chi connectivity index (χ3v) is 17.0. The van der Waals surface area contributed by atoms with Gasteiger partial charge < -0.3 is 9.13 Å². The Morgan fingerprint density at radius 3 is 1.23 bits per heavy atom. The maximum absolute atomic E-state index is 5.64. The third kappa shape index (κ3) is 7.18. The average molecular weight is 997 g/mol. The number of rotatable bonds is 4. The first-order chi connectivity index (χ1) is 36.7. The predicted molar refractivity (Wildman–Crippen MR) is 329 cm³/mol. The molecule has 5 heteroatoms. The molecule has 77 heavy (non-hydrogen) atoms. The number of nitrogens with zero attached hydrogens (tertiary/aromatic N) is 4. The van der Waals surface area contributed by atoms with Crippen molar-refractivity contribution in [2.45, 2.75) is 105 Å². The summed E-state index contributed by atoms with van der Waals surface area (Å²) in [5.74, 6) is 0.713. The van der Waals surface area contributed by atoms with Gasteiger partial charge in [0.25, 0.3) is 6.71 Å². The van der Waals surface area contributed by atoms with E-state index in [9.17, 15) is 0 Å². The Balaban J connectivity index is 1.24. The zero-order chi connectivity index (χ0) is 53.2. The molecule has 376 valence electrons. The van der Waals surface area contributed by atoms with Gasteiger partial charge in [0.2, 0.25) is 0 Å². The Labute approximate surface area is 453 Å². The Hall–Kier alpha value is -8.02. The second kappa shape index (κ2) is 16.3. The average Bonchev–Trinajstić information content (AvgIpc) is 4.09. The molecule has 0 aliphatic carbocycles.